The zero-order valence-electron chi connectivity index (χ0n) is 11.1. The van der Waals surface area contributed by atoms with Crippen LogP contribution in [0.2, 0.25) is 0 Å². The highest BCUT2D eigenvalue weighted by molar-refractivity contribution is 5.85. The van der Waals surface area contributed by atoms with Crippen molar-refractivity contribution in [3.05, 3.63) is 42.0 Å². The molecule has 104 valence electrons. The molecule has 0 amide bonds. The summed E-state index contributed by atoms with van der Waals surface area (Å²) in [6, 6.07) is 4.69. The molecule has 0 fully saturated rings. The number of benzene rings is 1. The third kappa shape index (κ3) is 3.78. The average molecular weight is 284 g/mol. The molecule has 0 saturated carbocycles. The van der Waals surface area contributed by atoms with Crippen molar-refractivity contribution in [1.82, 2.24) is 9.78 Å². The van der Waals surface area contributed by atoms with Crippen molar-refractivity contribution >= 4 is 12.4 Å². The van der Waals surface area contributed by atoms with Gasteiger partial charge in [-0.25, -0.2) is 4.39 Å². The highest BCUT2D eigenvalue weighted by Gasteiger charge is 2.08. The molecule has 0 unspecified atom stereocenters. The van der Waals surface area contributed by atoms with E-state index in [0.29, 0.717) is 12.5 Å². The van der Waals surface area contributed by atoms with Gasteiger partial charge >= 0.3 is 0 Å². The van der Waals surface area contributed by atoms with Gasteiger partial charge in [-0.1, -0.05) is 19.9 Å². The van der Waals surface area contributed by atoms with E-state index in [4.69, 9.17) is 5.73 Å². The van der Waals surface area contributed by atoms with E-state index in [1.807, 2.05) is 10.9 Å². The Morgan fingerprint density at radius 1 is 1.37 bits per heavy atom. The zero-order chi connectivity index (χ0) is 13.1. The van der Waals surface area contributed by atoms with Crippen LogP contribution < -0.4 is 5.73 Å². The smallest absolute Gasteiger partial charge is 0.123 e. The third-order valence-corrected chi connectivity index (χ3v) is 2.78. The Bertz CT molecular complexity index is 537. The number of aromatic nitrogens is 2. The topological polar surface area (TPSA) is 43.8 Å². The van der Waals surface area contributed by atoms with Gasteiger partial charge in [0.05, 0.1) is 6.20 Å². The first-order valence-corrected chi connectivity index (χ1v) is 6.11. The summed E-state index contributed by atoms with van der Waals surface area (Å²) in [5, 5.41) is 4.31. The standard InChI is InChI=1S/C14H18FN3.ClH/c1-10(2)8-18-9-12(7-17-18)14-4-3-13(15)5-11(14)6-16;/h3-5,7,9-10H,6,8,16H2,1-2H3;1H. The Labute approximate surface area is 119 Å². The molecule has 3 nitrogen and oxygen atoms in total. The third-order valence-electron chi connectivity index (χ3n) is 2.78. The first kappa shape index (κ1) is 15.7. The van der Waals surface area contributed by atoms with E-state index in [2.05, 4.69) is 18.9 Å². The molecule has 0 bridgehead atoms. The molecule has 0 aliphatic heterocycles. The lowest BCUT2D eigenvalue weighted by atomic mass is 10.0. The summed E-state index contributed by atoms with van der Waals surface area (Å²) >= 11 is 0. The van der Waals surface area contributed by atoms with E-state index in [0.717, 1.165) is 23.2 Å². The van der Waals surface area contributed by atoms with Gasteiger partial charge < -0.3 is 5.73 Å². The maximum absolute atomic E-state index is 13.2. The van der Waals surface area contributed by atoms with Gasteiger partial charge in [0.2, 0.25) is 0 Å². The maximum atomic E-state index is 13.2. The van der Waals surface area contributed by atoms with Gasteiger partial charge in [-0.15, -0.1) is 12.4 Å². The van der Waals surface area contributed by atoms with Crippen molar-refractivity contribution in [2.45, 2.75) is 26.9 Å². The lowest BCUT2D eigenvalue weighted by Crippen LogP contribution is -2.04. The summed E-state index contributed by atoms with van der Waals surface area (Å²) in [7, 11) is 0. The molecule has 0 atom stereocenters. The van der Waals surface area contributed by atoms with E-state index in [9.17, 15) is 4.39 Å². The Kier molecular flexibility index (Phi) is 5.51. The van der Waals surface area contributed by atoms with Gasteiger partial charge in [-0.05, 0) is 29.2 Å². The quantitative estimate of drug-likeness (QED) is 0.936. The van der Waals surface area contributed by atoms with Crippen LogP contribution in [0.25, 0.3) is 11.1 Å². The lowest BCUT2D eigenvalue weighted by Gasteiger charge is -2.06. The van der Waals surface area contributed by atoms with Crippen LogP contribution in [0.15, 0.2) is 30.6 Å². The predicted molar refractivity (Wildman–Crippen MR) is 77.6 cm³/mol. The van der Waals surface area contributed by atoms with E-state index in [-0.39, 0.29) is 18.2 Å². The first-order chi connectivity index (χ1) is 8.60. The van der Waals surface area contributed by atoms with E-state index in [1.165, 1.54) is 12.1 Å². The molecule has 2 rings (SSSR count). The second-order valence-corrected chi connectivity index (χ2v) is 4.85. The summed E-state index contributed by atoms with van der Waals surface area (Å²) in [5.74, 6) is 0.286. The summed E-state index contributed by atoms with van der Waals surface area (Å²) in [6.45, 7) is 5.48. The minimum Gasteiger partial charge on any atom is -0.326 e. The molecule has 2 aromatic rings. The van der Waals surface area contributed by atoms with Gasteiger partial charge in [0, 0.05) is 24.8 Å². The molecule has 19 heavy (non-hydrogen) atoms. The minimum atomic E-state index is -0.256. The second-order valence-electron chi connectivity index (χ2n) is 4.85. The molecule has 0 radical (unpaired) electrons. The van der Waals surface area contributed by atoms with E-state index < -0.39 is 0 Å². The molecule has 0 aliphatic rings. The van der Waals surface area contributed by atoms with Gasteiger partial charge in [-0.3, -0.25) is 4.68 Å². The van der Waals surface area contributed by atoms with Crippen molar-refractivity contribution in [2.24, 2.45) is 11.7 Å². The molecular formula is C14H19ClFN3. The Hall–Kier alpha value is -1.39. The van der Waals surface area contributed by atoms with Crippen LogP contribution in [-0.2, 0) is 13.1 Å². The molecular weight excluding hydrogens is 265 g/mol. The van der Waals surface area contributed by atoms with Gasteiger partial charge in [0.15, 0.2) is 0 Å². The largest absolute Gasteiger partial charge is 0.326 e. The van der Waals surface area contributed by atoms with Crippen LogP contribution in [0.1, 0.15) is 19.4 Å². The normalized spacial score (nSPS) is 10.6. The van der Waals surface area contributed by atoms with Crippen molar-refractivity contribution < 1.29 is 4.39 Å². The molecule has 1 aromatic heterocycles. The molecule has 5 heteroatoms. The van der Waals surface area contributed by atoms with Crippen molar-refractivity contribution in [3.63, 3.8) is 0 Å². The molecule has 0 saturated heterocycles. The molecule has 1 aromatic carbocycles. The van der Waals surface area contributed by atoms with Gasteiger partial charge in [0.1, 0.15) is 5.82 Å². The van der Waals surface area contributed by atoms with Crippen LogP contribution in [0, 0.1) is 11.7 Å². The average Bonchev–Trinajstić information content (AvgIpc) is 2.76. The number of rotatable bonds is 4. The van der Waals surface area contributed by atoms with Crippen LogP contribution in [0.5, 0.6) is 0 Å². The maximum Gasteiger partial charge on any atom is 0.123 e. The zero-order valence-corrected chi connectivity index (χ0v) is 12.0. The highest BCUT2D eigenvalue weighted by atomic mass is 35.5. The highest BCUT2D eigenvalue weighted by Crippen LogP contribution is 2.24. The SMILES string of the molecule is CC(C)Cn1cc(-c2ccc(F)cc2CN)cn1.Cl. The minimum absolute atomic E-state index is 0. The number of hydrogen-bond acceptors (Lipinski definition) is 2. The number of hydrogen-bond donors (Lipinski definition) is 1. The number of nitrogens with zero attached hydrogens (tertiary/aromatic N) is 2. The molecule has 1 heterocycles. The predicted octanol–water partition coefficient (Wildman–Crippen LogP) is 3.23. The van der Waals surface area contributed by atoms with Crippen LogP contribution in [0.3, 0.4) is 0 Å². The van der Waals surface area contributed by atoms with Crippen LogP contribution in [-0.4, -0.2) is 9.78 Å². The molecule has 0 spiro atoms. The van der Waals surface area contributed by atoms with E-state index in [1.54, 1.807) is 12.3 Å². The van der Waals surface area contributed by atoms with Crippen LogP contribution >= 0.6 is 12.4 Å². The Morgan fingerprint density at radius 2 is 2.11 bits per heavy atom. The molecule has 2 N–H and O–H groups in total. The number of nitrogens with two attached hydrogens (primary N) is 1. The Balaban J connectivity index is 0.00000180. The van der Waals surface area contributed by atoms with E-state index >= 15 is 0 Å². The fraction of sp³-hybridized carbons (Fsp3) is 0.357. The Morgan fingerprint density at radius 3 is 2.74 bits per heavy atom. The van der Waals surface area contributed by atoms with Crippen molar-refractivity contribution in [2.75, 3.05) is 0 Å². The fourth-order valence-electron chi connectivity index (χ4n) is 1.99. The lowest BCUT2D eigenvalue weighted by molar-refractivity contribution is 0.483. The van der Waals surface area contributed by atoms with Crippen LogP contribution in [0.4, 0.5) is 4.39 Å². The van der Waals surface area contributed by atoms with Crippen molar-refractivity contribution in [1.29, 1.82) is 0 Å². The summed E-state index contributed by atoms with van der Waals surface area (Å²) in [5.41, 5.74) is 8.39. The monoisotopic (exact) mass is 283 g/mol. The summed E-state index contributed by atoms with van der Waals surface area (Å²) in [4.78, 5) is 0. The fourth-order valence-corrected chi connectivity index (χ4v) is 1.99. The van der Waals surface area contributed by atoms with Gasteiger partial charge in [0.25, 0.3) is 0 Å². The second kappa shape index (κ2) is 6.68. The summed E-state index contributed by atoms with van der Waals surface area (Å²) in [6.07, 6.45) is 3.78. The van der Waals surface area contributed by atoms with Gasteiger partial charge in [-0.2, -0.15) is 5.10 Å². The van der Waals surface area contributed by atoms with Crippen molar-refractivity contribution in [3.8, 4) is 11.1 Å². The number of halogens is 2. The first-order valence-electron chi connectivity index (χ1n) is 6.11. The summed E-state index contributed by atoms with van der Waals surface area (Å²) < 4.78 is 15.1. The molecule has 0 aliphatic carbocycles.